The molecule has 0 aliphatic rings. The van der Waals surface area contributed by atoms with Crippen LogP contribution in [0.15, 0.2) is 41.3 Å². The number of carbonyl (C=O) groups is 1. The molecule has 7 heteroatoms. The van der Waals surface area contributed by atoms with Gasteiger partial charge in [0.15, 0.2) is 0 Å². The van der Waals surface area contributed by atoms with E-state index >= 15 is 0 Å². The fraction of sp³-hybridized carbons (Fsp3) is 0.278. The Bertz CT molecular complexity index is 904. The van der Waals surface area contributed by atoms with Crippen molar-refractivity contribution in [2.24, 2.45) is 0 Å². The van der Waals surface area contributed by atoms with E-state index in [9.17, 15) is 13.2 Å². The minimum atomic E-state index is -3.74. The van der Waals surface area contributed by atoms with Crippen LogP contribution in [-0.2, 0) is 10.0 Å². The number of halogens is 1. The molecular weight excluding hydrogens is 360 g/mol. The predicted molar refractivity (Wildman–Crippen MR) is 101 cm³/mol. The van der Waals surface area contributed by atoms with Crippen molar-refractivity contribution in [3.8, 4) is 0 Å². The number of carbonyl (C=O) groups excluding carboxylic acids is 1. The molecule has 0 atom stereocenters. The Labute approximate surface area is 153 Å². The van der Waals surface area contributed by atoms with Crippen molar-refractivity contribution in [1.82, 2.24) is 4.31 Å². The van der Waals surface area contributed by atoms with E-state index < -0.39 is 10.0 Å². The summed E-state index contributed by atoms with van der Waals surface area (Å²) in [6, 6.07) is 10.1. The molecule has 25 heavy (non-hydrogen) atoms. The maximum absolute atomic E-state index is 12.8. The van der Waals surface area contributed by atoms with Crippen LogP contribution in [0.3, 0.4) is 0 Å². The zero-order valence-corrected chi connectivity index (χ0v) is 16.4. The number of rotatable bonds is 4. The molecule has 0 saturated carbocycles. The van der Waals surface area contributed by atoms with Crippen LogP contribution >= 0.6 is 11.6 Å². The van der Waals surface area contributed by atoms with E-state index in [-0.39, 0.29) is 21.4 Å². The van der Waals surface area contributed by atoms with Gasteiger partial charge in [-0.15, -0.1) is 0 Å². The van der Waals surface area contributed by atoms with Gasteiger partial charge in [0.1, 0.15) is 4.90 Å². The molecule has 1 amide bonds. The van der Waals surface area contributed by atoms with E-state index in [1.54, 1.807) is 7.05 Å². The number of sulfonamides is 1. The lowest BCUT2D eigenvalue weighted by atomic mass is 10.1. The third-order valence-corrected chi connectivity index (χ3v) is 6.13. The first-order chi connectivity index (χ1) is 11.5. The second-order valence-corrected chi connectivity index (χ2v) is 8.67. The van der Waals surface area contributed by atoms with E-state index in [4.69, 9.17) is 11.6 Å². The summed E-state index contributed by atoms with van der Waals surface area (Å²) in [5, 5.41) is 0.0827. The van der Waals surface area contributed by atoms with Crippen molar-refractivity contribution in [3.05, 3.63) is 58.1 Å². The Balaban J connectivity index is 2.46. The lowest BCUT2D eigenvalue weighted by molar-refractivity contribution is 0.0993. The van der Waals surface area contributed by atoms with E-state index in [0.29, 0.717) is 0 Å². The van der Waals surface area contributed by atoms with Gasteiger partial charge in [-0.1, -0.05) is 17.7 Å². The summed E-state index contributed by atoms with van der Waals surface area (Å²) in [5.41, 5.74) is 3.09. The van der Waals surface area contributed by atoms with Gasteiger partial charge in [-0.25, -0.2) is 12.7 Å². The highest BCUT2D eigenvalue weighted by molar-refractivity contribution is 7.89. The molecule has 0 aliphatic heterocycles. The fourth-order valence-corrected chi connectivity index (χ4v) is 3.88. The second kappa shape index (κ2) is 7.15. The average Bonchev–Trinajstić information content (AvgIpc) is 2.52. The number of hydrogen-bond acceptors (Lipinski definition) is 3. The first-order valence-electron chi connectivity index (χ1n) is 7.62. The van der Waals surface area contributed by atoms with Crippen molar-refractivity contribution < 1.29 is 13.2 Å². The maximum atomic E-state index is 12.8. The van der Waals surface area contributed by atoms with Crippen molar-refractivity contribution in [1.29, 1.82) is 0 Å². The van der Waals surface area contributed by atoms with Crippen LogP contribution in [0.25, 0.3) is 0 Å². The zero-order chi connectivity index (χ0) is 18.9. The van der Waals surface area contributed by atoms with Crippen LogP contribution in [0, 0.1) is 13.8 Å². The minimum Gasteiger partial charge on any atom is -0.311 e. The molecule has 0 heterocycles. The Morgan fingerprint density at radius 2 is 1.52 bits per heavy atom. The normalized spacial score (nSPS) is 11.6. The van der Waals surface area contributed by atoms with Crippen LogP contribution in [-0.4, -0.2) is 39.8 Å². The number of aryl methyl sites for hydroxylation is 2. The molecular formula is C18H21ClN2O3S. The van der Waals surface area contributed by atoms with E-state index in [1.807, 2.05) is 32.0 Å². The van der Waals surface area contributed by atoms with Crippen LogP contribution < -0.4 is 4.90 Å². The van der Waals surface area contributed by atoms with Gasteiger partial charge < -0.3 is 4.90 Å². The van der Waals surface area contributed by atoms with Crippen molar-refractivity contribution in [3.63, 3.8) is 0 Å². The van der Waals surface area contributed by atoms with Crippen LogP contribution in [0.4, 0.5) is 5.69 Å². The van der Waals surface area contributed by atoms with E-state index in [1.165, 1.54) is 37.2 Å². The fourth-order valence-electron chi connectivity index (χ4n) is 2.49. The molecule has 2 rings (SSSR count). The summed E-state index contributed by atoms with van der Waals surface area (Å²) in [4.78, 5) is 14.2. The summed E-state index contributed by atoms with van der Waals surface area (Å²) >= 11 is 6.04. The van der Waals surface area contributed by atoms with Gasteiger partial charge >= 0.3 is 0 Å². The Morgan fingerprint density at radius 3 is 2.04 bits per heavy atom. The lowest BCUT2D eigenvalue weighted by Crippen LogP contribution is -2.27. The van der Waals surface area contributed by atoms with Crippen LogP contribution in [0.1, 0.15) is 21.5 Å². The van der Waals surface area contributed by atoms with E-state index in [2.05, 4.69) is 0 Å². The van der Waals surface area contributed by atoms with Gasteiger partial charge in [0, 0.05) is 32.4 Å². The van der Waals surface area contributed by atoms with Crippen molar-refractivity contribution in [2.45, 2.75) is 18.7 Å². The first-order valence-corrected chi connectivity index (χ1v) is 9.44. The summed E-state index contributed by atoms with van der Waals surface area (Å²) in [6.07, 6.45) is 0. The molecule has 5 nitrogen and oxygen atoms in total. The molecule has 0 N–H and O–H groups in total. The summed E-state index contributed by atoms with van der Waals surface area (Å²) in [7, 11) is 0.758. The van der Waals surface area contributed by atoms with Crippen molar-refractivity contribution in [2.75, 3.05) is 26.0 Å². The Morgan fingerprint density at radius 1 is 0.960 bits per heavy atom. The standard InChI is InChI=1S/C18H21ClN2O3S/c1-12-8-13(2)10-15(9-12)21(5)18(22)14-6-7-16(19)17(11-14)25(23,24)20(3)4/h6-11H,1-5H3. The first kappa shape index (κ1) is 19.4. The Hall–Kier alpha value is -1.89. The van der Waals surface area contributed by atoms with Crippen LogP contribution in [0.2, 0.25) is 5.02 Å². The maximum Gasteiger partial charge on any atom is 0.258 e. The smallest absolute Gasteiger partial charge is 0.258 e. The lowest BCUT2D eigenvalue weighted by Gasteiger charge is -2.20. The molecule has 0 spiro atoms. The molecule has 0 aliphatic carbocycles. The number of nitrogens with zero attached hydrogens (tertiary/aromatic N) is 2. The van der Waals surface area contributed by atoms with Gasteiger partial charge in [-0.3, -0.25) is 4.79 Å². The van der Waals surface area contributed by atoms with Gasteiger partial charge in [-0.2, -0.15) is 0 Å². The van der Waals surface area contributed by atoms with Crippen LogP contribution in [0.5, 0.6) is 0 Å². The molecule has 134 valence electrons. The van der Waals surface area contributed by atoms with E-state index in [0.717, 1.165) is 21.1 Å². The second-order valence-electron chi connectivity index (χ2n) is 6.14. The highest BCUT2D eigenvalue weighted by Crippen LogP contribution is 2.26. The third kappa shape index (κ3) is 4.03. The monoisotopic (exact) mass is 380 g/mol. The zero-order valence-electron chi connectivity index (χ0n) is 14.9. The summed E-state index contributed by atoms with van der Waals surface area (Å²) < 4.78 is 25.8. The quantitative estimate of drug-likeness (QED) is 0.815. The molecule has 2 aromatic carbocycles. The average molecular weight is 381 g/mol. The summed E-state index contributed by atoms with van der Waals surface area (Å²) in [5.74, 6) is -0.308. The van der Waals surface area contributed by atoms with Gasteiger partial charge in [0.2, 0.25) is 10.0 Å². The molecule has 0 bridgehead atoms. The number of amides is 1. The molecule has 2 aromatic rings. The highest BCUT2D eigenvalue weighted by Gasteiger charge is 2.23. The molecule has 0 aromatic heterocycles. The topological polar surface area (TPSA) is 57.7 Å². The number of hydrogen-bond donors (Lipinski definition) is 0. The largest absolute Gasteiger partial charge is 0.311 e. The van der Waals surface area contributed by atoms with Gasteiger partial charge in [0.05, 0.1) is 5.02 Å². The van der Waals surface area contributed by atoms with Gasteiger partial charge in [0.25, 0.3) is 5.91 Å². The third-order valence-electron chi connectivity index (χ3n) is 3.84. The molecule has 0 saturated heterocycles. The number of benzene rings is 2. The Kier molecular flexibility index (Phi) is 5.56. The minimum absolute atomic E-state index is 0.0827. The van der Waals surface area contributed by atoms with Gasteiger partial charge in [-0.05, 0) is 55.3 Å². The van der Waals surface area contributed by atoms with Crippen molar-refractivity contribution >= 4 is 33.2 Å². The molecule has 0 fully saturated rings. The highest BCUT2D eigenvalue weighted by atomic mass is 35.5. The molecule has 0 radical (unpaired) electrons. The SMILES string of the molecule is Cc1cc(C)cc(N(C)C(=O)c2ccc(Cl)c(S(=O)(=O)N(C)C)c2)c1. The number of anilines is 1. The molecule has 0 unspecified atom stereocenters. The predicted octanol–water partition coefficient (Wildman–Crippen LogP) is 3.48. The summed E-state index contributed by atoms with van der Waals surface area (Å²) in [6.45, 7) is 3.91.